The molecule has 2 aliphatic heterocycles. The van der Waals surface area contributed by atoms with Crippen molar-refractivity contribution in [1.82, 2.24) is 20.5 Å². The molecule has 1 aliphatic carbocycles. The zero-order valence-electron chi connectivity index (χ0n) is 20.6. The fourth-order valence-electron chi connectivity index (χ4n) is 5.96. The topological polar surface area (TPSA) is 91.3 Å². The normalized spacial score (nSPS) is 21.8. The number of fused-ring (bicyclic) bond motifs is 2. The van der Waals surface area contributed by atoms with Crippen molar-refractivity contribution in [3.8, 4) is 0 Å². The van der Waals surface area contributed by atoms with Crippen LogP contribution in [0.2, 0.25) is 5.02 Å². The lowest BCUT2D eigenvalue weighted by Gasteiger charge is -2.46. The van der Waals surface area contributed by atoms with Crippen molar-refractivity contribution in [2.24, 2.45) is 5.92 Å². The first-order valence-corrected chi connectivity index (χ1v) is 13.9. The van der Waals surface area contributed by atoms with Crippen molar-refractivity contribution in [3.05, 3.63) is 63.6 Å². The van der Waals surface area contributed by atoms with Crippen LogP contribution in [0.15, 0.2) is 36.0 Å². The maximum atomic E-state index is 14.3. The molecule has 0 bridgehead atoms. The van der Waals surface area contributed by atoms with Gasteiger partial charge in [-0.2, -0.15) is 0 Å². The summed E-state index contributed by atoms with van der Waals surface area (Å²) in [5, 5.41) is 11.7. The number of carbonyl (C=O) groups is 2. The van der Waals surface area contributed by atoms with E-state index in [1.807, 2.05) is 4.90 Å². The summed E-state index contributed by atoms with van der Waals surface area (Å²) in [6, 6.07) is 5.55. The zero-order chi connectivity index (χ0) is 27.3. The number of hydrogen-bond acceptors (Lipinski definition) is 7. The predicted octanol–water partition coefficient (Wildman–Crippen LogP) is 4.76. The minimum atomic E-state index is -2.89. The number of rotatable bonds is 6. The van der Waals surface area contributed by atoms with E-state index in [2.05, 4.69) is 20.5 Å². The lowest BCUT2D eigenvalue weighted by molar-refractivity contribution is -0.124. The van der Waals surface area contributed by atoms with Gasteiger partial charge in [-0.25, -0.2) is 13.2 Å². The summed E-state index contributed by atoms with van der Waals surface area (Å²) >= 11 is 7.29. The van der Waals surface area contributed by atoms with Crippen molar-refractivity contribution in [2.45, 2.75) is 43.6 Å². The van der Waals surface area contributed by atoms with Gasteiger partial charge < -0.3 is 15.1 Å². The molecule has 1 spiro atoms. The Morgan fingerprint density at radius 3 is 2.67 bits per heavy atom. The van der Waals surface area contributed by atoms with Gasteiger partial charge in [0.1, 0.15) is 22.4 Å². The third-order valence-electron chi connectivity index (χ3n) is 7.92. The molecule has 0 radical (unpaired) electrons. The van der Waals surface area contributed by atoms with E-state index < -0.39 is 29.3 Å². The molecule has 6 rings (SSSR count). The van der Waals surface area contributed by atoms with E-state index in [0.29, 0.717) is 38.2 Å². The van der Waals surface area contributed by atoms with Crippen LogP contribution in [-0.2, 0) is 10.2 Å². The molecule has 2 amide bonds. The number of benzene rings is 1. The Balaban J connectivity index is 1.11. The molecule has 4 heterocycles. The molecule has 3 aromatic rings. The summed E-state index contributed by atoms with van der Waals surface area (Å²) in [6.07, 6.45) is 0.896. The molecular formula is C26H24ClF3N6O2S. The fraction of sp³-hybridized carbons (Fsp3) is 0.423. The van der Waals surface area contributed by atoms with E-state index in [1.165, 1.54) is 29.5 Å². The Labute approximate surface area is 231 Å². The van der Waals surface area contributed by atoms with Crippen molar-refractivity contribution >= 4 is 45.6 Å². The smallest absolute Gasteiger partial charge is 0.281 e. The Hall–Kier alpha value is -3.25. The molecule has 8 nitrogen and oxygen atoms in total. The number of halogens is 4. The van der Waals surface area contributed by atoms with Crippen molar-refractivity contribution in [3.63, 3.8) is 0 Å². The molecule has 2 aromatic heterocycles. The van der Waals surface area contributed by atoms with Crippen molar-refractivity contribution in [2.75, 3.05) is 29.4 Å². The molecule has 0 atom stereocenters. The van der Waals surface area contributed by atoms with Gasteiger partial charge >= 0.3 is 0 Å². The number of amides is 2. The van der Waals surface area contributed by atoms with Crippen LogP contribution in [0.1, 0.15) is 53.7 Å². The number of aromatic nitrogens is 3. The Morgan fingerprint density at radius 1 is 1.21 bits per heavy atom. The van der Waals surface area contributed by atoms with Crippen LogP contribution in [0.3, 0.4) is 0 Å². The van der Waals surface area contributed by atoms with Crippen molar-refractivity contribution < 1.29 is 22.8 Å². The molecule has 39 heavy (non-hydrogen) atoms. The average Bonchev–Trinajstić information content (AvgIpc) is 3.49. The third kappa shape index (κ3) is 4.63. The molecule has 204 valence electrons. The van der Waals surface area contributed by atoms with Gasteiger partial charge in [0.25, 0.3) is 12.3 Å². The van der Waals surface area contributed by atoms with E-state index in [9.17, 15) is 22.8 Å². The highest BCUT2D eigenvalue weighted by atomic mass is 35.5. The summed E-state index contributed by atoms with van der Waals surface area (Å²) in [4.78, 5) is 33.8. The lowest BCUT2D eigenvalue weighted by atomic mass is 9.75. The van der Waals surface area contributed by atoms with Crippen LogP contribution in [0, 0.1) is 11.7 Å². The van der Waals surface area contributed by atoms with Gasteiger partial charge in [0.05, 0.1) is 16.3 Å². The van der Waals surface area contributed by atoms with E-state index >= 15 is 0 Å². The standard InChI is InChI=1S/C26H24ClF3N6O2S/c27-15-7-18(21(22(29)30)31-9-15)23(37)33-17-4-1-14(2-5-17)10-36-20-8-16(28)3-6-19(20)26(24(36)38)11-35(12-26)25-34-32-13-39-25/h3,6-9,13-14,17,22H,1-2,4-5,10-12H2,(H,33,37)/t14-,17-. The van der Waals surface area contributed by atoms with E-state index in [1.54, 1.807) is 16.5 Å². The van der Waals surface area contributed by atoms with Gasteiger partial charge in [-0.3, -0.25) is 14.6 Å². The number of nitrogens with one attached hydrogen (secondary N) is 1. The predicted molar refractivity (Wildman–Crippen MR) is 140 cm³/mol. The van der Waals surface area contributed by atoms with E-state index in [-0.39, 0.29) is 28.5 Å². The highest BCUT2D eigenvalue weighted by molar-refractivity contribution is 7.13. The Morgan fingerprint density at radius 2 is 1.97 bits per heavy atom. The number of hydrogen-bond donors (Lipinski definition) is 1. The monoisotopic (exact) mass is 576 g/mol. The molecule has 1 saturated carbocycles. The fourth-order valence-corrected chi connectivity index (χ4v) is 6.68. The van der Waals surface area contributed by atoms with Gasteiger partial charge in [-0.15, -0.1) is 10.2 Å². The van der Waals surface area contributed by atoms with Gasteiger partial charge in [0, 0.05) is 31.9 Å². The molecule has 1 aromatic carbocycles. The van der Waals surface area contributed by atoms with Gasteiger partial charge in [0.15, 0.2) is 0 Å². The number of pyridine rings is 1. The molecule has 1 N–H and O–H groups in total. The van der Waals surface area contributed by atoms with Crippen LogP contribution < -0.4 is 15.1 Å². The van der Waals surface area contributed by atoms with Gasteiger partial charge in [0.2, 0.25) is 11.0 Å². The molecule has 1 saturated heterocycles. The van der Waals surface area contributed by atoms with Crippen LogP contribution >= 0.6 is 22.9 Å². The van der Waals surface area contributed by atoms with Crippen LogP contribution in [0.5, 0.6) is 0 Å². The summed E-state index contributed by atoms with van der Waals surface area (Å²) in [7, 11) is 0. The first kappa shape index (κ1) is 26.0. The Kier molecular flexibility index (Phi) is 6.70. The van der Waals surface area contributed by atoms with Crippen LogP contribution in [0.25, 0.3) is 0 Å². The summed E-state index contributed by atoms with van der Waals surface area (Å²) in [5.74, 6) is -0.909. The third-order valence-corrected chi connectivity index (χ3v) is 8.88. The molecule has 13 heteroatoms. The van der Waals surface area contributed by atoms with Crippen LogP contribution in [-0.4, -0.2) is 52.7 Å². The zero-order valence-corrected chi connectivity index (χ0v) is 22.2. The number of carbonyl (C=O) groups excluding carboxylic acids is 2. The average molecular weight is 577 g/mol. The minimum Gasteiger partial charge on any atom is -0.349 e. The van der Waals surface area contributed by atoms with Gasteiger partial charge in [-0.1, -0.05) is 29.0 Å². The molecular weight excluding hydrogens is 553 g/mol. The second kappa shape index (κ2) is 10.1. The second-order valence-corrected chi connectivity index (χ2v) is 11.6. The summed E-state index contributed by atoms with van der Waals surface area (Å²) in [5.41, 5.74) is 1.54. The summed E-state index contributed by atoms with van der Waals surface area (Å²) in [6.45, 7) is 1.38. The molecule has 3 aliphatic rings. The number of anilines is 2. The maximum absolute atomic E-state index is 14.3. The first-order chi connectivity index (χ1) is 18.7. The minimum absolute atomic E-state index is 0.0349. The first-order valence-electron chi connectivity index (χ1n) is 12.6. The highest BCUT2D eigenvalue weighted by Crippen LogP contribution is 2.49. The largest absolute Gasteiger partial charge is 0.349 e. The maximum Gasteiger partial charge on any atom is 0.281 e. The number of nitrogens with zero attached hydrogens (tertiary/aromatic N) is 5. The van der Waals surface area contributed by atoms with Crippen LogP contribution in [0.4, 0.5) is 24.0 Å². The van der Waals surface area contributed by atoms with Crippen molar-refractivity contribution in [1.29, 1.82) is 0 Å². The molecule has 0 unspecified atom stereocenters. The van der Waals surface area contributed by atoms with Gasteiger partial charge in [-0.05, 0) is 55.4 Å². The van der Waals surface area contributed by atoms with E-state index in [4.69, 9.17) is 11.6 Å². The van der Waals surface area contributed by atoms with E-state index in [0.717, 1.165) is 29.7 Å². The lowest BCUT2D eigenvalue weighted by Crippen LogP contribution is -2.64. The second-order valence-electron chi connectivity index (χ2n) is 10.3. The molecule has 2 fully saturated rings. The quantitative estimate of drug-likeness (QED) is 0.455. The number of alkyl halides is 2. The Bertz CT molecular complexity index is 1410. The highest BCUT2D eigenvalue weighted by Gasteiger charge is 2.59. The SMILES string of the molecule is O=C(N[C@H]1CC[C@H](CN2C(=O)C3(CN(c4nncs4)C3)c3ccc(F)cc32)CC1)c1cc(Cl)cnc1C(F)F. The summed E-state index contributed by atoms with van der Waals surface area (Å²) < 4.78 is 40.9.